The van der Waals surface area contributed by atoms with Crippen LogP contribution in [0.5, 0.6) is 0 Å². The summed E-state index contributed by atoms with van der Waals surface area (Å²) < 4.78 is 10.5. The lowest BCUT2D eigenvalue weighted by Crippen LogP contribution is -2.21. The molecular formula is C20H20N2O4S. The lowest BCUT2D eigenvalue weighted by molar-refractivity contribution is 0.0528. The van der Waals surface area contributed by atoms with E-state index in [1.165, 1.54) is 11.3 Å². The van der Waals surface area contributed by atoms with E-state index in [-0.39, 0.29) is 23.6 Å². The number of fused-ring (bicyclic) bond motifs is 1. The minimum absolute atomic E-state index is 0.100. The number of anilines is 1. The fourth-order valence-corrected chi connectivity index (χ4v) is 3.61. The van der Waals surface area contributed by atoms with Gasteiger partial charge in [0, 0.05) is 10.3 Å². The lowest BCUT2D eigenvalue weighted by atomic mass is 10.1. The van der Waals surface area contributed by atoms with Crippen LogP contribution in [0.4, 0.5) is 5.00 Å². The molecule has 0 fully saturated rings. The maximum absolute atomic E-state index is 12.8. The van der Waals surface area contributed by atoms with Gasteiger partial charge in [-0.2, -0.15) is 0 Å². The molecule has 0 saturated heterocycles. The van der Waals surface area contributed by atoms with Crippen LogP contribution < -0.4 is 10.9 Å². The standard InChI is InChI=1S/C20H20N2O4S/c1-4-25-20(24)14-10-16(11(2)3)27-19(14)22-18(23)13-9-12-7-5-6-8-15(12)26-17(13)21/h5-11,21H,4H2,1-3H3,(H,22,23). The molecular weight excluding hydrogens is 364 g/mol. The Balaban J connectivity index is 1.97. The molecule has 1 amide bonds. The number of para-hydroxylation sites is 1. The maximum atomic E-state index is 12.8. The van der Waals surface area contributed by atoms with E-state index in [9.17, 15) is 9.59 Å². The fourth-order valence-electron chi connectivity index (χ4n) is 2.57. The van der Waals surface area contributed by atoms with Crippen molar-refractivity contribution in [2.75, 3.05) is 11.9 Å². The highest BCUT2D eigenvalue weighted by Crippen LogP contribution is 2.33. The van der Waals surface area contributed by atoms with Crippen LogP contribution in [0.1, 0.15) is 52.3 Å². The van der Waals surface area contributed by atoms with Crippen molar-refractivity contribution in [1.82, 2.24) is 0 Å². The van der Waals surface area contributed by atoms with E-state index in [4.69, 9.17) is 14.6 Å². The van der Waals surface area contributed by atoms with Gasteiger partial charge in [-0.1, -0.05) is 32.0 Å². The fraction of sp³-hybridized carbons (Fsp3) is 0.250. The number of hydrogen-bond donors (Lipinski definition) is 2. The zero-order chi connectivity index (χ0) is 19.6. The van der Waals surface area contributed by atoms with E-state index >= 15 is 0 Å². The molecule has 27 heavy (non-hydrogen) atoms. The summed E-state index contributed by atoms with van der Waals surface area (Å²) in [6.07, 6.45) is 0. The van der Waals surface area contributed by atoms with Gasteiger partial charge in [0.15, 0.2) is 0 Å². The van der Waals surface area contributed by atoms with Crippen molar-refractivity contribution in [3.05, 3.63) is 58.0 Å². The van der Waals surface area contributed by atoms with E-state index in [1.807, 2.05) is 19.9 Å². The summed E-state index contributed by atoms with van der Waals surface area (Å²) in [5.41, 5.74) is 0.722. The molecule has 0 bridgehead atoms. The SMILES string of the molecule is CCOC(=O)c1cc(C(C)C)sc1NC(=O)c1cc2ccccc2oc1=N. The van der Waals surface area contributed by atoms with Gasteiger partial charge >= 0.3 is 5.97 Å². The van der Waals surface area contributed by atoms with Gasteiger partial charge in [-0.3, -0.25) is 10.2 Å². The van der Waals surface area contributed by atoms with Gasteiger partial charge in [-0.15, -0.1) is 11.3 Å². The van der Waals surface area contributed by atoms with Crippen molar-refractivity contribution in [3.8, 4) is 0 Å². The minimum Gasteiger partial charge on any atom is -0.462 e. The summed E-state index contributed by atoms with van der Waals surface area (Å²) in [4.78, 5) is 26.0. The Morgan fingerprint density at radius 3 is 2.67 bits per heavy atom. The van der Waals surface area contributed by atoms with Crippen LogP contribution in [0.2, 0.25) is 0 Å². The second-order valence-electron chi connectivity index (χ2n) is 6.25. The lowest BCUT2D eigenvalue weighted by Gasteiger charge is -2.07. The van der Waals surface area contributed by atoms with Crippen molar-refractivity contribution < 1.29 is 18.7 Å². The number of hydrogen-bond acceptors (Lipinski definition) is 6. The summed E-state index contributed by atoms with van der Waals surface area (Å²) in [5.74, 6) is -0.779. The number of benzene rings is 1. The first kappa shape index (κ1) is 18.8. The maximum Gasteiger partial charge on any atom is 0.341 e. The summed E-state index contributed by atoms with van der Waals surface area (Å²) in [5, 5.41) is 11.9. The molecule has 3 aromatic rings. The molecule has 0 saturated carbocycles. The molecule has 0 unspecified atom stereocenters. The van der Waals surface area contributed by atoms with Crippen molar-refractivity contribution in [1.29, 1.82) is 5.41 Å². The molecule has 2 heterocycles. The molecule has 2 N–H and O–H groups in total. The number of nitrogens with one attached hydrogen (secondary N) is 2. The van der Waals surface area contributed by atoms with Crippen LogP contribution in [-0.2, 0) is 4.74 Å². The van der Waals surface area contributed by atoms with Crippen molar-refractivity contribution in [2.45, 2.75) is 26.7 Å². The second-order valence-corrected chi connectivity index (χ2v) is 7.33. The molecule has 3 rings (SSSR count). The third-order valence-electron chi connectivity index (χ3n) is 3.96. The third kappa shape index (κ3) is 3.93. The Hall–Kier alpha value is -2.93. The van der Waals surface area contributed by atoms with Crippen molar-refractivity contribution in [2.24, 2.45) is 0 Å². The average molecular weight is 384 g/mol. The normalized spacial score (nSPS) is 11.0. The number of ether oxygens (including phenoxy) is 1. The summed E-state index contributed by atoms with van der Waals surface area (Å²) in [6.45, 7) is 6.00. The quantitative estimate of drug-likeness (QED) is 0.632. The molecule has 7 heteroatoms. The van der Waals surface area contributed by atoms with Gasteiger partial charge in [0.05, 0.1) is 12.2 Å². The van der Waals surface area contributed by atoms with E-state index in [0.29, 0.717) is 16.1 Å². The Labute approximate surface area is 160 Å². The predicted octanol–water partition coefficient (Wildman–Crippen LogP) is 4.53. The molecule has 6 nitrogen and oxygen atoms in total. The van der Waals surface area contributed by atoms with Crippen LogP contribution in [0, 0.1) is 5.41 Å². The summed E-state index contributed by atoms with van der Waals surface area (Å²) >= 11 is 1.33. The zero-order valence-corrected chi connectivity index (χ0v) is 16.1. The molecule has 0 spiro atoms. The van der Waals surface area contributed by atoms with Gasteiger partial charge in [0.1, 0.15) is 16.1 Å². The highest BCUT2D eigenvalue weighted by Gasteiger charge is 2.21. The zero-order valence-electron chi connectivity index (χ0n) is 15.3. The minimum atomic E-state index is -0.503. The number of carbonyl (C=O) groups excluding carboxylic acids is 2. The van der Waals surface area contributed by atoms with Crippen LogP contribution in [0.25, 0.3) is 11.0 Å². The van der Waals surface area contributed by atoms with Crippen LogP contribution in [0.3, 0.4) is 0 Å². The number of thiophene rings is 1. The largest absolute Gasteiger partial charge is 0.462 e. The van der Waals surface area contributed by atoms with Crippen LogP contribution >= 0.6 is 11.3 Å². The predicted molar refractivity (Wildman–Crippen MR) is 104 cm³/mol. The molecule has 0 aliphatic carbocycles. The van der Waals surface area contributed by atoms with Crippen LogP contribution in [0.15, 0.2) is 40.8 Å². The van der Waals surface area contributed by atoms with E-state index in [0.717, 1.165) is 10.3 Å². The number of amides is 1. The Morgan fingerprint density at radius 1 is 1.22 bits per heavy atom. The van der Waals surface area contributed by atoms with Gasteiger partial charge in [-0.25, -0.2) is 4.79 Å². The molecule has 0 atom stereocenters. The van der Waals surface area contributed by atoms with E-state index in [2.05, 4.69) is 5.32 Å². The van der Waals surface area contributed by atoms with Gasteiger partial charge in [-0.05, 0) is 31.0 Å². The number of rotatable bonds is 5. The molecule has 0 aliphatic heterocycles. The first-order valence-corrected chi connectivity index (χ1v) is 9.42. The highest BCUT2D eigenvalue weighted by atomic mass is 32.1. The second kappa shape index (κ2) is 7.75. The first-order chi connectivity index (χ1) is 12.9. The Morgan fingerprint density at radius 2 is 1.96 bits per heavy atom. The molecule has 2 aromatic heterocycles. The monoisotopic (exact) mass is 384 g/mol. The molecule has 1 aromatic carbocycles. The van der Waals surface area contributed by atoms with E-state index < -0.39 is 11.9 Å². The number of esters is 1. The van der Waals surface area contributed by atoms with Gasteiger partial charge in [0.25, 0.3) is 5.91 Å². The summed E-state index contributed by atoms with van der Waals surface area (Å²) in [7, 11) is 0. The van der Waals surface area contributed by atoms with Crippen LogP contribution in [-0.4, -0.2) is 18.5 Å². The topological polar surface area (TPSA) is 92.4 Å². The smallest absolute Gasteiger partial charge is 0.341 e. The van der Waals surface area contributed by atoms with Crippen molar-refractivity contribution in [3.63, 3.8) is 0 Å². The molecule has 0 aliphatic rings. The third-order valence-corrected chi connectivity index (χ3v) is 5.31. The Bertz CT molecular complexity index is 1070. The van der Waals surface area contributed by atoms with E-state index in [1.54, 1.807) is 37.3 Å². The summed E-state index contributed by atoms with van der Waals surface area (Å²) in [6, 6.07) is 10.5. The average Bonchev–Trinajstić information content (AvgIpc) is 3.05. The molecule has 0 radical (unpaired) electrons. The van der Waals surface area contributed by atoms with Gasteiger partial charge < -0.3 is 14.5 Å². The molecule has 140 valence electrons. The highest BCUT2D eigenvalue weighted by molar-refractivity contribution is 7.16. The number of carbonyl (C=O) groups is 2. The van der Waals surface area contributed by atoms with Crippen molar-refractivity contribution >= 4 is 39.2 Å². The first-order valence-electron chi connectivity index (χ1n) is 8.60. The Kier molecular flexibility index (Phi) is 5.41. The van der Waals surface area contributed by atoms with Gasteiger partial charge in [0.2, 0.25) is 5.55 Å².